The number of methoxy groups -OCH3 is 1. The third-order valence-corrected chi connectivity index (χ3v) is 6.49. The maximum absolute atomic E-state index is 12.6. The van der Waals surface area contributed by atoms with Gasteiger partial charge in [-0.25, -0.2) is 8.42 Å². The molecular weight excluding hydrogens is 412 g/mol. The Bertz CT molecular complexity index is 1060. The van der Waals surface area contributed by atoms with E-state index < -0.39 is 20.6 Å². The van der Waals surface area contributed by atoms with Crippen LogP contribution in [0, 0.1) is 10.1 Å². The Morgan fingerprint density at radius 2 is 1.90 bits per heavy atom. The number of benzene rings is 2. The fourth-order valence-corrected chi connectivity index (χ4v) is 4.26. The summed E-state index contributed by atoms with van der Waals surface area (Å²) in [7, 11) is -2.37. The van der Waals surface area contributed by atoms with E-state index in [0.717, 1.165) is 6.07 Å². The van der Waals surface area contributed by atoms with Crippen molar-refractivity contribution in [3.63, 3.8) is 0 Å². The number of hydrogen-bond donors (Lipinski definition) is 2. The predicted molar refractivity (Wildman–Crippen MR) is 114 cm³/mol. The average molecular weight is 436 g/mol. The highest BCUT2D eigenvalue weighted by Crippen LogP contribution is 2.30. The van der Waals surface area contributed by atoms with Crippen LogP contribution in [-0.4, -0.2) is 48.7 Å². The molecule has 30 heavy (non-hydrogen) atoms. The van der Waals surface area contributed by atoms with Crippen LogP contribution in [0.4, 0.5) is 11.4 Å². The van der Waals surface area contributed by atoms with Crippen molar-refractivity contribution in [1.82, 2.24) is 4.31 Å². The Kier molecular flexibility index (Phi) is 7.35. The summed E-state index contributed by atoms with van der Waals surface area (Å²) in [6.07, 6.45) is 0. The van der Waals surface area contributed by atoms with E-state index in [2.05, 4.69) is 10.5 Å². The van der Waals surface area contributed by atoms with Crippen LogP contribution in [-0.2, 0) is 10.0 Å². The van der Waals surface area contributed by atoms with Crippen molar-refractivity contribution in [1.29, 1.82) is 0 Å². The normalized spacial score (nSPS) is 12.1. The number of phenols is 1. The van der Waals surface area contributed by atoms with Crippen molar-refractivity contribution in [2.24, 2.45) is 5.10 Å². The highest BCUT2D eigenvalue weighted by atomic mass is 32.2. The number of sulfonamides is 1. The van der Waals surface area contributed by atoms with Crippen LogP contribution in [0.1, 0.15) is 26.3 Å². The number of hydrogen-bond acceptors (Lipinski definition) is 8. The lowest BCUT2D eigenvalue weighted by atomic mass is 10.1. The number of ether oxygens (including phenoxy) is 1. The third kappa shape index (κ3) is 4.86. The first kappa shape index (κ1) is 23.1. The van der Waals surface area contributed by atoms with Gasteiger partial charge in [0, 0.05) is 30.8 Å². The van der Waals surface area contributed by atoms with Gasteiger partial charge >= 0.3 is 0 Å². The summed E-state index contributed by atoms with van der Waals surface area (Å²) in [5, 5.41) is 25.7. The zero-order chi connectivity index (χ0) is 22.5. The van der Waals surface area contributed by atoms with E-state index in [-0.39, 0.29) is 29.4 Å². The quantitative estimate of drug-likeness (QED) is 0.350. The molecule has 2 N–H and O–H groups in total. The number of hydrazone groups is 1. The number of aromatic hydroxyl groups is 1. The Balaban J connectivity index is 2.39. The summed E-state index contributed by atoms with van der Waals surface area (Å²) in [5.41, 5.74) is 2.94. The molecule has 0 aliphatic heterocycles. The van der Waals surface area contributed by atoms with E-state index in [1.807, 2.05) is 0 Å². The molecule has 2 aromatic rings. The molecule has 0 bridgehead atoms. The topological polar surface area (TPSA) is 134 Å². The first-order valence-corrected chi connectivity index (χ1v) is 10.6. The van der Waals surface area contributed by atoms with Crippen LogP contribution in [0.5, 0.6) is 11.5 Å². The second-order valence-corrected chi connectivity index (χ2v) is 8.16. The molecule has 0 aliphatic rings. The minimum atomic E-state index is -3.84. The van der Waals surface area contributed by atoms with Crippen LogP contribution in [0.3, 0.4) is 0 Å². The van der Waals surface area contributed by atoms with Gasteiger partial charge in [-0.1, -0.05) is 13.8 Å². The highest BCUT2D eigenvalue weighted by molar-refractivity contribution is 7.89. The molecule has 0 heterocycles. The number of nitro groups is 1. The van der Waals surface area contributed by atoms with Gasteiger partial charge in [0.25, 0.3) is 5.69 Å². The highest BCUT2D eigenvalue weighted by Gasteiger charge is 2.25. The van der Waals surface area contributed by atoms with Crippen LogP contribution in [0.15, 0.2) is 46.4 Å². The molecule has 0 unspecified atom stereocenters. The third-order valence-electron chi connectivity index (χ3n) is 4.45. The fraction of sp³-hybridized carbons (Fsp3) is 0.316. The molecule has 0 aliphatic carbocycles. The Morgan fingerprint density at radius 3 is 2.43 bits per heavy atom. The molecule has 2 rings (SSSR count). The van der Waals surface area contributed by atoms with Crippen LogP contribution in [0.25, 0.3) is 0 Å². The monoisotopic (exact) mass is 436 g/mol. The van der Waals surface area contributed by atoms with Gasteiger partial charge in [0.05, 0.1) is 22.6 Å². The molecule has 2 aromatic carbocycles. The Labute approximate surface area is 175 Å². The zero-order valence-corrected chi connectivity index (χ0v) is 17.9. The Morgan fingerprint density at radius 1 is 1.23 bits per heavy atom. The summed E-state index contributed by atoms with van der Waals surface area (Å²) in [4.78, 5) is 10.7. The van der Waals surface area contributed by atoms with E-state index >= 15 is 0 Å². The zero-order valence-electron chi connectivity index (χ0n) is 17.1. The minimum Gasteiger partial charge on any atom is -0.507 e. The van der Waals surface area contributed by atoms with Crippen molar-refractivity contribution < 1.29 is 23.2 Å². The van der Waals surface area contributed by atoms with E-state index in [9.17, 15) is 23.6 Å². The van der Waals surface area contributed by atoms with Gasteiger partial charge in [0.15, 0.2) is 0 Å². The lowest BCUT2D eigenvalue weighted by Gasteiger charge is -2.18. The maximum Gasteiger partial charge on any atom is 0.295 e. The van der Waals surface area contributed by atoms with E-state index in [1.54, 1.807) is 32.9 Å². The molecule has 0 aromatic heterocycles. The van der Waals surface area contributed by atoms with Crippen molar-refractivity contribution in [2.45, 2.75) is 25.7 Å². The second-order valence-electron chi connectivity index (χ2n) is 6.22. The standard InChI is InChI=1S/C19H24N4O6S/c1-5-22(6-2)30(27,28)15-8-10-17(18(12-15)23(25)26)21-20-13(3)16-9-7-14(29-4)11-19(16)24/h7-12,21,24H,5-6H2,1-4H3/b20-13+. The van der Waals surface area contributed by atoms with Gasteiger partial charge in [0.2, 0.25) is 10.0 Å². The largest absolute Gasteiger partial charge is 0.507 e. The van der Waals surface area contributed by atoms with Crippen LogP contribution in [0.2, 0.25) is 0 Å². The molecule has 11 heteroatoms. The molecule has 0 radical (unpaired) electrons. The minimum absolute atomic E-state index is 0.0193. The first-order valence-electron chi connectivity index (χ1n) is 9.11. The van der Waals surface area contributed by atoms with Crippen LogP contribution >= 0.6 is 0 Å². The molecule has 0 saturated heterocycles. The molecular formula is C19H24N4O6S. The molecule has 0 saturated carbocycles. The molecule has 0 fully saturated rings. The van der Waals surface area contributed by atoms with Gasteiger partial charge in [0.1, 0.15) is 17.2 Å². The number of nitro benzene ring substituents is 1. The number of nitrogens with zero attached hydrogens (tertiary/aromatic N) is 3. The van der Waals surface area contributed by atoms with Gasteiger partial charge in [-0.3, -0.25) is 15.5 Å². The van der Waals surface area contributed by atoms with E-state index in [0.29, 0.717) is 17.0 Å². The molecule has 10 nitrogen and oxygen atoms in total. The van der Waals surface area contributed by atoms with Gasteiger partial charge < -0.3 is 9.84 Å². The SMILES string of the molecule is CCN(CC)S(=O)(=O)c1ccc(N/N=C(\C)c2ccc(OC)cc2O)c([N+](=O)[O-])c1. The van der Waals surface area contributed by atoms with Gasteiger partial charge in [-0.2, -0.15) is 9.41 Å². The second kappa shape index (κ2) is 9.55. The predicted octanol–water partition coefficient (Wildman–Crippen LogP) is 3.18. The van der Waals surface area contributed by atoms with Gasteiger partial charge in [-0.15, -0.1) is 0 Å². The number of nitrogens with one attached hydrogen (secondary N) is 1. The number of anilines is 1. The molecule has 162 valence electrons. The number of rotatable bonds is 9. The summed E-state index contributed by atoms with van der Waals surface area (Å²) in [6, 6.07) is 8.25. The fourth-order valence-electron chi connectivity index (χ4n) is 2.78. The molecule has 0 amide bonds. The molecule has 0 atom stereocenters. The van der Waals surface area contributed by atoms with Crippen molar-refractivity contribution >= 4 is 27.1 Å². The molecule has 0 spiro atoms. The smallest absolute Gasteiger partial charge is 0.295 e. The van der Waals surface area contributed by atoms with E-state index in [1.165, 1.54) is 29.6 Å². The number of phenolic OH excluding ortho intramolecular Hbond substituents is 1. The average Bonchev–Trinajstić information content (AvgIpc) is 2.72. The summed E-state index contributed by atoms with van der Waals surface area (Å²) in [5.74, 6) is 0.408. The van der Waals surface area contributed by atoms with Crippen molar-refractivity contribution in [2.75, 3.05) is 25.6 Å². The summed E-state index contributed by atoms with van der Waals surface area (Å²) < 4.78 is 31.5. The maximum atomic E-state index is 12.6. The van der Waals surface area contributed by atoms with Crippen molar-refractivity contribution in [3.8, 4) is 11.5 Å². The summed E-state index contributed by atoms with van der Waals surface area (Å²) in [6.45, 7) is 5.50. The Hall–Kier alpha value is -3.18. The van der Waals surface area contributed by atoms with Crippen molar-refractivity contribution in [3.05, 3.63) is 52.1 Å². The lowest BCUT2D eigenvalue weighted by Crippen LogP contribution is -2.30. The lowest BCUT2D eigenvalue weighted by molar-refractivity contribution is -0.384. The first-order chi connectivity index (χ1) is 14.1. The van der Waals surface area contributed by atoms with E-state index in [4.69, 9.17) is 4.74 Å². The van der Waals surface area contributed by atoms with Gasteiger partial charge in [-0.05, 0) is 31.2 Å². The summed E-state index contributed by atoms with van der Waals surface area (Å²) >= 11 is 0. The van der Waals surface area contributed by atoms with Crippen LogP contribution < -0.4 is 10.2 Å².